The fourth-order valence-corrected chi connectivity index (χ4v) is 2.84. The molecule has 0 fully saturated rings. The summed E-state index contributed by atoms with van der Waals surface area (Å²) in [6.07, 6.45) is 0.515. The Morgan fingerprint density at radius 2 is 1.79 bits per heavy atom. The SMILES string of the molecule is CCn1c2ccccc2c2cc(CC(C)=O)ccc21. The molecule has 3 rings (SSSR count). The van der Waals surface area contributed by atoms with Crippen LogP contribution < -0.4 is 0 Å². The fraction of sp³-hybridized carbons (Fsp3) is 0.235. The Bertz CT molecular complexity index is 767. The lowest BCUT2D eigenvalue weighted by Gasteiger charge is -2.03. The van der Waals surface area contributed by atoms with Crippen molar-refractivity contribution in [2.45, 2.75) is 26.8 Å². The molecule has 0 saturated carbocycles. The van der Waals surface area contributed by atoms with Crippen LogP contribution in [0.25, 0.3) is 21.8 Å². The number of carbonyl (C=O) groups excluding carboxylic acids is 1. The van der Waals surface area contributed by atoms with Gasteiger partial charge in [0.05, 0.1) is 0 Å². The van der Waals surface area contributed by atoms with E-state index in [0.717, 1.165) is 12.1 Å². The summed E-state index contributed by atoms with van der Waals surface area (Å²) in [6, 6.07) is 14.8. The Hall–Kier alpha value is -2.09. The van der Waals surface area contributed by atoms with E-state index in [0.29, 0.717) is 6.42 Å². The number of rotatable bonds is 3. The molecule has 2 heteroatoms. The van der Waals surface area contributed by atoms with Crippen molar-refractivity contribution in [1.29, 1.82) is 0 Å². The van der Waals surface area contributed by atoms with Crippen molar-refractivity contribution in [3.05, 3.63) is 48.0 Å². The van der Waals surface area contributed by atoms with E-state index >= 15 is 0 Å². The first-order chi connectivity index (χ1) is 9.20. The third kappa shape index (κ3) is 1.93. The largest absolute Gasteiger partial charge is 0.341 e. The van der Waals surface area contributed by atoms with Crippen LogP contribution >= 0.6 is 0 Å². The van der Waals surface area contributed by atoms with Crippen molar-refractivity contribution in [3.63, 3.8) is 0 Å². The molecule has 19 heavy (non-hydrogen) atoms. The number of hydrogen-bond acceptors (Lipinski definition) is 1. The number of nitrogens with zero attached hydrogens (tertiary/aromatic N) is 1. The van der Waals surface area contributed by atoms with Gasteiger partial charge in [-0.3, -0.25) is 4.79 Å². The molecule has 0 radical (unpaired) electrons. The second-order valence-electron chi connectivity index (χ2n) is 4.99. The molecule has 0 saturated heterocycles. The number of fused-ring (bicyclic) bond motifs is 3. The molecule has 0 bridgehead atoms. The van der Waals surface area contributed by atoms with Gasteiger partial charge in [-0.15, -0.1) is 0 Å². The molecule has 1 heterocycles. The molecule has 0 aliphatic carbocycles. The summed E-state index contributed by atoms with van der Waals surface area (Å²) in [5.41, 5.74) is 3.61. The summed E-state index contributed by atoms with van der Waals surface area (Å²) in [6.45, 7) is 4.75. The molecular weight excluding hydrogens is 234 g/mol. The standard InChI is InChI=1S/C17H17NO/c1-3-18-16-7-5-4-6-14(16)15-11-13(10-12(2)19)8-9-17(15)18/h4-9,11H,3,10H2,1-2H3. The molecule has 0 atom stereocenters. The van der Waals surface area contributed by atoms with Gasteiger partial charge in [0.1, 0.15) is 5.78 Å². The Kier molecular flexibility index (Phi) is 2.86. The highest BCUT2D eigenvalue weighted by molar-refractivity contribution is 6.08. The van der Waals surface area contributed by atoms with Crippen LogP contribution in [0.4, 0.5) is 0 Å². The monoisotopic (exact) mass is 251 g/mol. The first kappa shape index (κ1) is 12.0. The lowest BCUT2D eigenvalue weighted by atomic mass is 10.1. The van der Waals surface area contributed by atoms with E-state index < -0.39 is 0 Å². The molecule has 0 amide bonds. The van der Waals surface area contributed by atoms with Crippen LogP contribution in [-0.4, -0.2) is 10.4 Å². The van der Waals surface area contributed by atoms with Crippen LogP contribution in [0.5, 0.6) is 0 Å². The van der Waals surface area contributed by atoms with Crippen LogP contribution in [-0.2, 0) is 17.8 Å². The number of Topliss-reactive ketones (excluding diaryl/α,β-unsaturated/α-hetero) is 1. The van der Waals surface area contributed by atoms with Crippen LogP contribution in [0.1, 0.15) is 19.4 Å². The van der Waals surface area contributed by atoms with Crippen LogP contribution in [0.15, 0.2) is 42.5 Å². The van der Waals surface area contributed by atoms with Crippen molar-refractivity contribution in [1.82, 2.24) is 4.57 Å². The predicted octanol–water partition coefficient (Wildman–Crippen LogP) is 3.95. The molecule has 0 aliphatic heterocycles. The van der Waals surface area contributed by atoms with Gasteiger partial charge in [-0.05, 0) is 37.6 Å². The van der Waals surface area contributed by atoms with Crippen molar-refractivity contribution < 1.29 is 4.79 Å². The lowest BCUT2D eigenvalue weighted by molar-refractivity contribution is -0.116. The van der Waals surface area contributed by atoms with Crippen molar-refractivity contribution in [3.8, 4) is 0 Å². The number of aryl methyl sites for hydroxylation is 1. The zero-order valence-electron chi connectivity index (χ0n) is 11.3. The smallest absolute Gasteiger partial charge is 0.134 e. The summed E-state index contributed by atoms with van der Waals surface area (Å²) in [4.78, 5) is 11.3. The molecule has 0 spiro atoms. The first-order valence-electron chi connectivity index (χ1n) is 6.70. The minimum atomic E-state index is 0.207. The summed E-state index contributed by atoms with van der Waals surface area (Å²) < 4.78 is 2.32. The van der Waals surface area contributed by atoms with Crippen LogP contribution in [0, 0.1) is 0 Å². The highest BCUT2D eigenvalue weighted by Crippen LogP contribution is 2.29. The second-order valence-corrected chi connectivity index (χ2v) is 4.99. The molecule has 2 aromatic carbocycles. The van der Waals surface area contributed by atoms with E-state index in [1.54, 1.807) is 6.92 Å². The van der Waals surface area contributed by atoms with Gasteiger partial charge in [-0.2, -0.15) is 0 Å². The van der Waals surface area contributed by atoms with E-state index in [-0.39, 0.29) is 5.78 Å². The van der Waals surface area contributed by atoms with Gasteiger partial charge in [-0.1, -0.05) is 24.3 Å². The summed E-state index contributed by atoms with van der Waals surface area (Å²) in [7, 11) is 0. The molecule has 0 aliphatic rings. The average molecular weight is 251 g/mol. The number of hydrogen-bond donors (Lipinski definition) is 0. The summed E-state index contributed by atoms with van der Waals surface area (Å²) in [5.74, 6) is 0.207. The van der Waals surface area contributed by atoms with Gasteiger partial charge in [0, 0.05) is 34.8 Å². The molecule has 0 unspecified atom stereocenters. The maximum Gasteiger partial charge on any atom is 0.134 e. The van der Waals surface area contributed by atoms with Crippen LogP contribution in [0.3, 0.4) is 0 Å². The molecule has 0 N–H and O–H groups in total. The number of para-hydroxylation sites is 1. The van der Waals surface area contributed by atoms with E-state index in [2.05, 4.69) is 54.0 Å². The summed E-state index contributed by atoms with van der Waals surface area (Å²) in [5, 5.41) is 2.51. The van der Waals surface area contributed by atoms with E-state index in [4.69, 9.17) is 0 Å². The van der Waals surface area contributed by atoms with Gasteiger partial charge in [0.15, 0.2) is 0 Å². The Morgan fingerprint density at radius 1 is 1.05 bits per heavy atom. The summed E-state index contributed by atoms with van der Waals surface area (Å²) >= 11 is 0. The van der Waals surface area contributed by atoms with Gasteiger partial charge in [0.25, 0.3) is 0 Å². The van der Waals surface area contributed by atoms with Crippen molar-refractivity contribution in [2.75, 3.05) is 0 Å². The van der Waals surface area contributed by atoms with E-state index in [9.17, 15) is 4.79 Å². The Labute approximate surface area is 112 Å². The highest BCUT2D eigenvalue weighted by atomic mass is 16.1. The normalized spacial score (nSPS) is 11.3. The number of aromatic nitrogens is 1. The minimum absolute atomic E-state index is 0.207. The molecule has 96 valence electrons. The third-order valence-electron chi connectivity index (χ3n) is 3.61. The fourth-order valence-electron chi connectivity index (χ4n) is 2.84. The minimum Gasteiger partial charge on any atom is -0.341 e. The van der Waals surface area contributed by atoms with Crippen LogP contribution in [0.2, 0.25) is 0 Å². The van der Waals surface area contributed by atoms with Gasteiger partial charge in [0.2, 0.25) is 0 Å². The van der Waals surface area contributed by atoms with E-state index in [1.165, 1.54) is 21.8 Å². The quantitative estimate of drug-likeness (QED) is 0.691. The van der Waals surface area contributed by atoms with Gasteiger partial charge in [-0.25, -0.2) is 0 Å². The topological polar surface area (TPSA) is 22.0 Å². The number of ketones is 1. The van der Waals surface area contributed by atoms with Gasteiger partial charge < -0.3 is 4.57 Å². The molecule has 1 aromatic heterocycles. The zero-order valence-corrected chi connectivity index (χ0v) is 11.3. The Morgan fingerprint density at radius 3 is 2.53 bits per heavy atom. The first-order valence-corrected chi connectivity index (χ1v) is 6.70. The second kappa shape index (κ2) is 4.54. The maximum absolute atomic E-state index is 11.3. The number of carbonyl (C=O) groups is 1. The highest BCUT2D eigenvalue weighted by Gasteiger charge is 2.09. The van der Waals surface area contributed by atoms with Crippen molar-refractivity contribution in [2.24, 2.45) is 0 Å². The molecular formula is C17H17NO. The third-order valence-corrected chi connectivity index (χ3v) is 3.61. The number of benzene rings is 2. The molecule has 2 nitrogen and oxygen atoms in total. The molecule has 3 aromatic rings. The lowest BCUT2D eigenvalue weighted by Crippen LogP contribution is -1.96. The van der Waals surface area contributed by atoms with Crippen molar-refractivity contribution >= 4 is 27.6 Å². The predicted molar refractivity (Wildman–Crippen MR) is 79.5 cm³/mol. The average Bonchev–Trinajstić information content (AvgIpc) is 2.71. The van der Waals surface area contributed by atoms with E-state index in [1.807, 2.05) is 0 Å². The Balaban J connectivity index is 2.33. The zero-order chi connectivity index (χ0) is 13.4. The van der Waals surface area contributed by atoms with Gasteiger partial charge >= 0.3 is 0 Å². The maximum atomic E-state index is 11.3.